The summed E-state index contributed by atoms with van der Waals surface area (Å²) in [6.45, 7) is 5.36. The number of nitrogens with zero attached hydrogens (tertiary/aromatic N) is 2. The van der Waals surface area contributed by atoms with Gasteiger partial charge in [0, 0.05) is 50.5 Å². The van der Waals surface area contributed by atoms with Gasteiger partial charge in [-0.1, -0.05) is 44.0 Å². The maximum atomic E-state index is 13.4. The van der Waals surface area contributed by atoms with Gasteiger partial charge in [0.05, 0.1) is 18.4 Å². The summed E-state index contributed by atoms with van der Waals surface area (Å²) in [4.78, 5) is 30.3. The molecule has 3 aromatic rings. The molecule has 2 N–H and O–H groups in total. The quantitative estimate of drug-likeness (QED) is 0.314. The zero-order valence-electron chi connectivity index (χ0n) is 22.7. The van der Waals surface area contributed by atoms with Crippen molar-refractivity contribution < 1.29 is 18.7 Å². The van der Waals surface area contributed by atoms with Crippen molar-refractivity contribution in [3.63, 3.8) is 0 Å². The second kappa shape index (κ2) is 13.6. The molecular weight excluding hydrogens is 495 g/mol. The van der Waals surface area contributed by atoms with Crippen molar-refractivity contribution in [1.82, 2.24) is 5.32 Å². The Morgan fingerprint density at radius 2 is 1.59 bits per heavy atom. The maximum absolute atomic E-state index is 13.4. The van der Waals surface area contributed by atoms with Crippen LogP contribution in [0.4, 0.5) is 21.5 Å². The SMILES string of the molecule is CCCCCC(=O)Nc1ccc(N2CCN(c3ccccc3OC)CC2)c(C(=O)NCc2ccc(F)cc2)c1. The highest BCUT2D eigenvalue weighted by Crippen LogP contribution is 2.31. The Morgan fingerprint density at radius 1 is 0.897 bits per heavy atom. The highest BCUT2D eigenvalue weighted by molar-refractivity contribution is 6.02. The summed E-state index contributed by atoms with van der Waals surface area (Å²) < 4.78 is 18.8. The maximum Gasteiger partial charge on any atom is 0.253 e. The number of para-hydroxylation sites is 2. The van der Waals surface area contributed by atoms with E-state index in [1.54, 1.807) is 25.3 Å². The number of benzene rings is 3. The lowest BCUT2D eigenvalue weighted by Crippen LogP contribution is -2.47. The van der Waals surface area contributed by atoms with E-state index < -0.39 is 0 Å². The van der Waals surface area contributed by atoms with E-state index in [0.717, 1.165) is 68.1 Å². The molecule has 0 unspecified atom stereocenters. The normalized spacial score (nSPS) is 13.2. The third-order valence-electron chi connectivity index (χ3n) is 6.94. The molecule has 1 aliphatic heterocycles. The number of hydrogen-bond acceptors (Lipinski definition) is 5. The van der Waals surface area contributed by atoms with Crippen LogP contribution in [-0.4, -0.2) is 45.1 Å². The van der Waals surface area contributed by atoms with Gasteiger partial charge < -0.3 is 25.2 Å². The van der Waals surface area contributed by atoms with Crippen LogP contribution in [0, 0.1) is 5.82 Å². The fraction of sp³-hybridized carbons (Fsp3) is 0.355. The van der Waals surface area contributed by atoms with E-state index in [4.69, 9.17) is 4.74 Å². The average molecular weight is 533 g/mol. The molecule has 1 aliphatic rings. The van der Waals surface area contributed by atoms with Gasteiger partial charge in [-0.3, -0.25) is 9.59 Å². The summed E-state index contributed by atoms with van der Waals surface area (Å²) >= 11 is 0. The monoisotopic (exact) mass is 532 g/mol. The smallest absolute Gasteiger partial charge is 0.253 e. The minimum Gasteiger partial charge on any atom is -0.495 e. The molecule has 0 radical (unpaired) electrons. The lowest BCUT2D eigenvalue weighted by Gasteiger charge is -2.38. The van der Waals surface area contributed by atoms with Crippen molar-refractivity contribution in [3.8, 4) is 5.75 Å². The standard InChI is InChI=1S/C31H37FN4O3/c1-3-4-5-10-30(37)34-25-15-16-27(26(21-25)31(38)33-22-23-11-13-24(32)14-12-23)35-17-19-36(20-18-35)28-8-6-7-9-29(28)39-2/h6-9,11-16,21H,3-5,10,17-20,22H2,1-2H3,(H,33,38)(H,34,37). The molecule has 0 aliphatic carbocycles. The van der Waals surface area contributed by atoms with Crippen LogP contribution in [0.5, 0.6) is 5.75 Å². The fourth-order valence-corrected chi connectivity index (χ4v) is 4.79. The molecule has 1 heterocycles. The van der Waals surface area contributed by atoms with Gasteiger partial charge in [-0.05, 0) is 54.4 Å². The Hall–Kier alpha value is -4.07. The molecule has 2 amide bonds. The second-order valence-electron chi connectivity index (χ2n) is 9.69. The van der Waals surface area contributed by atoms with E-state index in [1.807, 2.05) is 30.3 Å². The van der Waals surface area contributed by atoms with E-state index in [9.17, 15) is 14.0 Å². The van der Waals surface area contributed by atoms with Crippen LogP contribution in [0.25, 0.3) is 0 Å². The molecule has 4 rings (SSSR count). The summed E-state index contributed by atoms with van der Waals surface area (Å²) in [5.74, 6) is 0.218. The first-order valence-electron chi connectivity index (χ1n) is 13.6. The first-order valence-corrected chi connectivity index (χ1v) is 13.6. The van der Waals surface area contributed by atoms with E-state index in [-0.39, 0.29) is 24.2 Å². The van der Waals surface area contributed by atoms with Crippen LogP contribution in [0.1, 0.15) is 48.5 Å². The van der Waals surface area contributed by atoms with E-state index in [1.165, 1.54) is 12.1 Å². The highest BCUT2D eigenvalue weighted by Gasteiger charge is 2.24. The molecule has 0 bridgehead atoms. The number of piperazine rings is 1. The van der Waals surface area contributed by atoms with E-state index >= 15 is 0 Å². The molecule has 0 aromatic heterocycles. The molecule has 8 heteroatoms. The van der Waals surface area contributed by atoms with Gasteiger partial charge >= 0.3 is 0 Å². The lowest BCUT2D eigenvalue weighted by atomic mass is 10.1. The van der Waals surface area contributed by atoms with Crippen LogP contribution in [0.15, 0.2) is 66.7 Å². The molecule has 0 saturated carbocycles. The number of rotatable bonds is 11. The number of nitrogens with one attached hydrogen (secondary N) is 2. The summed E-state index contributed by atoms with van der Waals surface area (Å²) in [6, 6.07) is 19.6. The Morgan fingerprint density at radius 3 is 2.28 bits per heavy atom. The molecule has 39 heavy (non-hydrogen) atoms. The molecule has 0 spiro atoms. The first kappa shape index (κ1) is 28.0. The van der Waals surface area contributed by atoms with Crippen molar-refractivity contribution in [2.45, 2.75) is 39.2 Å². The predicted molar refractivity (Wildman–Crippen MR) is 154 cm³/mol. The average Bonchev–Trinajstić information content (AvgIpc) is 2.97. The number of ether oxygens (including phenoxy) is 1. The number of carbonyl (C=O) groups excluding carboxylic acids is 2. The summed E-state index contributed by atoms with van der Waals surface area (Å²) in [5, 5.41) is 5.90. The Balaban J connectivity index is 1.50. The Bertz CT molecular complexity index is 1260. The zero-order valence-corrected chi connectivity index (χ0v) is 22.7. The van der Waals surface area contributed by atoms with Crippen LogP contribution in [0.3, 0.4) is 0 Å². The molecule has 7 nitrogen and oxygen atoms in total. The van der Waals surface area contributed by atoms with Crippen LogP contribution in [0.2, 0.25) is 0 Å². The summed E-state index contributed by atoms with van der Waals surface area (Å²) in [6.07, 6.45) is 3.34. The molecule has 206 valence electrons. The predicted octanol–water partition coefficient (Wildman–Crippen LogP) is 5.61. The van der Waals surface area contributed by atoms with Gasteiger partial charge in [-0.25, -0.2) is 4.39 Å². The van der Waals surface area contributed by atoms with Crippen molar-refractivity contribution in [2.24, 2.45) is 0 Å². The molecule has 0 atom stereocenters. The second-order valence-corrected chi connectivity index (χ2v) is 9.69. The van der Waals surface area contributed by atoms with Crippen LogP contribution in [-0.2, 0) is 11.3 Å². The zero-order chi connectivity index (χ0) is 27.6. The minimum atomic E-state index is -0.318. The van der Waals surface area contributed by atoms with Crippen LogP contribution >= 0.6 is 0 Å². The third-order valence-corrected chi connectivity index (χ3v) is 6.94. The third kappa shape index (κ3) is 7.50. The summed E-state index contributed by atoms with van der Waals surface area (Å²) in [5.41, 5.74) is 3.76. The Kier molecular flexibility index (Phi) is 9.78. The number of halogens is 1. The van der Waals surface area contributed by atoms with Crippen molar-refractivity contribution in [2.75, 3.05) is 48.4 Å². The molecule has 3 aromatic carbocycles. The number of carbonyl (C=O) groups is 2. The molecule has 1 saturated heterocycles. The van der Waals surface area contributed by atoms with Gasteiger partial charge in [-0.2, -0.15) is 0 Å². The van der Waals surface area contributed by atoms with E-state index in [0.29, 0.717) is 17.7 Å². The van der Waals surface area contributed by atoms with Gasteiger partial charge in [0.2, 0.25) is 5.91 Å². The fourth-order valence-electron chi connectivity index (χ4n) is 4.79. The minimum absolute atomic E-state index is 0.0562. The van der Waals surface area contributed by atoms with Gasteiger partial charge in [0.15, 0.2) is 0 Å². The number of amides is 2. The van der Waals surface area contributed by atoms with Gasteiger partial charge in [-0.15, -0.1) is 0 Å². The van der Waals surface area contributed by atoms with Crippen molar-refractivity contribution >= 4 is 28.9 Å². The van der Waals surface area contributed by atoms with Crippen molar-refractivity contribution in [3.05, 3.63) is 83.7 Å². The number of anilines is 3. The summed E-state index contributed by atoms with van der Waals surface area (Å²) in [7, 11) is 1.68. The first-order chi connectivity index (χ1) is 19.0. The van der Waals surface area contributed by atoms with E-state index in [2.05, 4.69) is 33.4 Å². The number of unbranched alkanes of at least 4 members (excludes halogenated alkanes) is 2. The number of hydrogen-bond donors (Lipinski definition) is 2. The van der Waals surface area contributed by atoms with Gasteiger partial charge in [0.25, 0.3) is 5.91 Å². The molecular formula is C31H37FN4O3. The number of methoxy groups -OCH3 is 1. The molecule has 1 fully saturated rings. The van der Waals surface area contributed by atoms with Crippen molar-refractivity contribution in [1.29, 1.82) is 0 Å². The van der Waals surface area contributed by atoms with Gasteiger partial charge in [0.1, 0.15) is 11.6 Å². The largest absolute Gasteiger partial charge is 0.495 e. The lowest BCUT2D eigenvalue weighted by molar-refractivity contribution is -0.116. The topological polar surface area (TPSA) is 73.9 Å². The Labute approximate surface area is 230 Å². The van der Waals surface area contributed by atoms with Crippen LogP contribution < -0.4 is 25.2 Å². The highest BCUT2D eigenvalue weighted by atomic mass is 19.1.